The summed E-state index contributed by atoms with van der Waals surface area (Å²) in [4.78, 5) is 48.4. The molecule has 0 spiro atoms. The first-order chi connectivity index (χ1) is 11.3. The van der Waals surface area contributed by atoms with Crippen molar-refractivity contribution < 1.29 is 4.79 Å². The Kier molecular flexibility index (Phi) is 4.04. The maximum absolute atomic E-state index is 12.6. The van der Waals surface area contributed by atoms with E-state index >= 15 is 0 Å². The first kappa shape index (κ1) is 16.1. The normalized spacial score (nSPS) is 13.4. The Morgan fingerprint density at radius 1 is 1.33 bits per heavy atom. The van der Waals surface area contributed by atoms with E-state index in [9.17, 15) is 14.4 Å². The van der Waals surface area contributed by atoms with Gasteiger partial charge in [-0.15, -0.1) is 0 Å². The number of carbonyl (C=O) groups excluding carboxylic acids is 1. The van der Waals surface area contributed by atoms with Crippen molar-refractivity contribution in [2.75, 3.05) is 0 Å². The molecule has 24 heavy (non-hydrogen) atoms. The van der Waals surface area contributed by atoms with Crippen LogP contribution in [0, 0.1) is 5.92 Å². The smallest absolute Gasteiger partial charge is 0.328 e. The molecular formula is C16H19N5O3. The van der Waals surface area contributed by atoms with E-state index in [1.165, 1.54) is 22.7 Å². The Balaban J connectivity index is 1.85. The number of H-pyrrole nitrogens is 1. The summed E-state index contributed by atoms with van der Waals surface area (Å²) in [6.45, 7) is 4.89. The highest BCUT2D eigenvalue weighted by Crippen LogP contribution is 2.22. The zero-order valence-electron chi connectivity index (χ0n) is 13.9. The third-order valence-corrected chi connectivity index (χ3v) is 3.92. The lowest BCUT2D eigenvalue weighted by molar-refractivity contribution is 0.0747. The van der Waals surface area contributed by atoms with Gasteiger partial charge in [0.15, 0.2) is 0 Å². The number of rotatable bonds is 3. The van der Waals surface area contributed by atoms with Gasteiger partial charge in [0, 0.05) is 38.0 Å². The highest BCUT2D eigenvalue weighted by Gasteiger charge is 2.28. The van der Waals surface area contributed by atoms with Crippen LogP contribution in [0.25, 0.3) is 0 Å². The number of fused-ring (bicyclic) bond motifs is 1. The first-order valence-corrected chi connectivity index (χ1v) is 7.78. The van der Waals surface area contributed by atoms with Gasteiger partial charge < -0.3 is 9.47 Å². The van der Waals surface area contributed by atoms with Crippen molar-refractivity contribution in [3.8, 4) is 0 Å². The molecule has 0 saturated carbocycles. The van der Waals surface area contributed by atoms with Gasteiger partial charge in [-0.2, -0.15) is 0 Å². The van der Waals surface area contributed by atoms with Crippen LogP contribution in [-0.4, -0.2) is 30.3 Å². The van der Waals surface area contributed by atoms with Gasteiger partial charge >= 0.3 is 5.69 Å². The minimum Gasteiger partial charge on any atom is -0.328 e. The second-order valence-electron chi connectivity index (χ2n) is 6.43. The van der Waals surface area contributed by atoms with E-state index in [4.69, 9.17) is 0 Å². The van der Waals surface area contributed by atoms with Crippen LogP contribution >= 0.6 is 0 Å². The molecular weight excluding hydrogens is 310 g/mol. The van der Waals surface area contributed by atoms with Crippen LogP contribution in [0.15, 0.2) is 22.0 Å². The summed E-state index contributed by atoms with van der Waals surface area (Å²) < 4.78 is 1.18. The number of aryl methyl sites for hydroxylation is 1. The van der Waals surface area contributed by atoms with E-state index in [-0.39, 0.29) is 5.56 Å². The molecule has 0 aliphatic carbocycles. The molecule has 2 aromatic rings. The molecule has 0 aromatic carbocycles. The van der Waals surface area contributed by atoms with E-state index in [1.807, 2.05) is 0 Å². The molecule has 1 N–H and O–H groups in total. The molecule has 3 heterocycles. The highest BCUT2D eigenvalue weighted by molar-refractivity contribution is 5.93. The minimum atomic E-state index is -0.675. The Hall–Kier alpha value is -2.77. The Labute approximate surface area is 138 Å². The van der Waals surface area contributed by atoms with Gasteiger partial charge in [-0.3, -0.25) is 14.6 Å². The molecule has 1 aliphatic rings. The molecule has 0 atom stereocenters. The average Bonchev–Trinajstić information content (AvgIpc) is 2.93. The lowest BCUT2D eigenvalue weighted by Gasteiger charge is -2.14. The summed E-state index contributed by atoms with van der Waals surface area (Å²) in [5, 5.41) is 0. The Morgan fingerprint density at radius 2 is 2.08 bits per heavy atom. The predicted molar refractivity (Wildman–Crippen MR) is 86.5 cm³/mol. The lowest BCUT2D eigenvalue weighted by Crippen LogP contribution is -2.36. The number of hydrogen-bond donors (Lipinski definition) is 1. The molecule has 0 saturated heterocycles. The van der Waals surface area contributed by atoms with Crippen molar-refractivity contribution in [3.63, 3.8) is 0 Å². The molecule has 1 amide bonds. The molecule has 1 aliphatic heterocycles. The van der Waals surface area contributed by atoms with Gasteiger partial charge in [-0.25, -0.2) is 14.8 Å². The van der Waals surface area contributed by atoms with E-state index in [0.29, 0.717) is 19.0 Å². The SMILES string of the molecule is CC(C)Cc1ncc2c(n1)CN(C(=O)c1cn(C)c(=O)[nH]c1=O)C2. The monoisotopic (exact) mass is 329 g/mol. The topological polar surface area (TPSA) is 101 Å². The molecule has 2 aromatic heterocycles. The zero-order valence-corrected chi connectivity index (χ0v) is 13.9. The largest absolute Gasteiger partial charge is 0.328 e. The number of nitrogens with zero attached hydrogens (tertiary/aromatic N) is 4. The second kappa shape index (κ2) is 6.03. The van der Waals surface area contributed by atoms with Crippen LogP contribution in [0.4, 0.5) is 0 Å². The standard InChI is InChI=1S/C16H19N5O3/c1-9(2)4-13-17-5-10-6-21(8-12(10)18-13)15(23)11-7-20(3)16(24)19-14(11)22/h5,7,9H,4,6,8H2,1-3H3,(H,19,22,24). The van der Waals surface area contributed by atoms with E-state index in [2.05, 4.69) is 28.8 Å². The lowest BCUT2D eigenvalue weighted by atomic mass is 10.1. The van der Waals surface area contributed by atoms with Gasteiger partial charge in [0.1, 0.15) is 11.4 Å². The number of aromatic nitrogens is 4. The van der Waals surface area contributed by atoms with E-state index in [0.717, 1.165) is 23.5 Å². The minimum absolute atomic E-state index is 0.0553. The molecule has 0 bridgehead atoms. The summed E-state index contributed by atoms with van der Waals surface area (Å²) in [6, 6.07) is 0. The second-order valence-corrected chi connectivity index (χ2v) is 6.43. The van der Waals surface area contributed by atoms with Crippen LogP contribution in [0.2, 0.25) is 0 Å². The summed E-state index contributed by atoms with van der Waals surface area (Å²) >= 11 is 0. The average molecular weight is 329 g/mol. The first-order valence-electron chi connectivity index (χ1n) is 7.78. The number of aromatic amines is 1. The number of carbonyl (C=O) groups is 1. The van der Waals surface area contributed by atoms with Gasteiger partial charge in [0.2, 0.25) is 0 Å². The Bertz CT molecular complexity index is 913. The van der Waals surface area contributed by atoms with E-state index < -0.39 is 17.2 Å². The molecule has 8 nitrogen and oxygen atoms in total. The fraction of sp³-hybridized carbons (Fsp3) is 0.438. The Morgan fingerprint density at radius 3 is 2.79 bits per heavy atom. The summed E-state index contributed by atoms with van der Waals surface area (Å²) in [7, 11) is 1.48. The molecule has 3 rings (SSSR count). The third kappa shape index (κ3) is 2.99. The van der Waals surface area contributed by atoms with E-state index in [1.54, 1.807) is 6.20 Å². The number of amides is 1. The molecule has 0 unspecified atom stereocenters. The van der Waals surface area contributed by atoms with Gasteiger partial charge in [-0.05, 0) is 5.92 Å². The highest BCUT2D eigenvalue weighted by atomic mass is 16.2. The summed E-state index contributed by atoms with van der Waals surface area (Å²) in [5.74, 6) is 0.791. The predicted octanol–water partition coefficient (Wildman–Crippen LogP) is 0.218. The maximum atomic E-state index is 12.6. The quantitative estimate of drug-likeness (QED) is 0.868. The van der Waals surface area contributed by atoms with Crippen LogP contribution < -0.4 is 11.2 Å². The molecule has 0 fully saturated rings. The van der Waals surface area contributed by atoms with Crippen LogP contribution in [-0.2, 0) is 26.6 Å². The van der Waals surface area contributed by atoms with Crippen molar-refractivity contribution in [1.29, 1.82) is 0 Å². The summed E-state index contributed by atoms with van der Waals surface area (Å²) in [6.07, 6.45) is 3.79. The summed E-state index contributed by atoms with van der Waals surface area (Å²) in [5.41, 5.74) is 0.420. The van der Waals surface area contributed by atoms with Crippen molar-refractivity contribution >= 4 is 5.91 Å². The van der Waals surface area contributed by atoms with Crippen molar-refractivity contribution in [3.05, 3.63) is 55.9 Å². The molecule has 8 heteroatoms. The van der Waals surface area contributed by atoms with Crippen molar-refractivity contribution in [2.24, 2.45) is 13.0 Å². The molecule has 126 valence electrons. The van der Waals surface area contributed by atoms with Gasteiger partial charge in [0.05, 0.1) is 12.2 Å². The van der Waals surface area contributed by atoms with Gasteiger partial charge in [0.25, 0.3) is 11.5 Å². The molecule has 0 radical (unpaired) electrons. The van der Waals surface area contributed by atoms with Crippen LogP contribution in [0.1, 0.15) is 41.3 Å². The fourth-order valence-corrected chi connectivity index (χ4v) is 2.69. The fourth-order valence-electron chi connectivity index (χ4n) is 2.69. The number of hydrogen-bond acceptors (Lipinski definition) is 5. The maximum Gasteiger partial charge on any atom is 0.328 e. The van der Waals surface area contributed by atoms with Crippen LogP contribution in [0.5, 0.6) is 0 Å². The van der Waals surface area contributed by atoms with Crippen molar-refractivity contribution in [1.82, 2.24) is 24.4 Å². The third-order valence-electron chi connectivity index (χ3n) is 3.92. The van der Waals surface area contributed by atoms with Gasteiger partial charge in [-0.1, -0.05) is 13.8 Å². The van der Waals surface area contributed by atoms with Crippen LogP contribution in [0.3, 0.4) is 0 Å². The number of nitrogens with one attached hydrogen (secondary N) is 1. The zero-order chi connectivity index (χ0) is 17.4. The van der Waals surface area contributed by atoms with Crippen molar-refractivity contribution in [2.45, 2.75) is 33.4 Å².